The van der Waals surface area contributed by atoms with Crippen LogP contribution in [0.2, 0.25) is 0 Å². The van der Waals surface area contributed by atoms with Gasteiger partial charge in [-0.1, -0.05) is 19.1 Å². The van der Waals surface area contributed by atoms with Crippen LogP contribution < -0.4 is 10.6 Å². The van der Waals surface area contributed by atoms with Crippen LogP contribution in [-0.4, -0.2) is 35.1 Å². The number of aliphatic carboxylic acids is 1. The fraction of sp³-hybridized carbons (Fsp3) is 0.278. The Bertz CT molecular complexity index is 821. The lowest BCUT2D eigenvalue weighted by Gasteiger charge is -2.13. The Labute approximate surface area is 154 Å². The van der Waals surface area contributed by atoms with Gasteiger partial charge in [-0.05, 0) is 42.0 Å². The van der Waals surface area contributed by atoms with Gasteiger partial charge >= 0.3 is 5.97 Å². The zero-order valence-electron chi connectivity index (χ0n) is 14.0. The van der Waals surface area contributed by atoms with Crippen molar-refractivity contribution < 1.29 is 24.2 Å². The average molecular weight is 374 g/mol. The van der Waals surface area contributed by atoms with Gasteiger partial charge in [0.05, 0.1) is 4.88 Å². The Morgan fingerprint density at radius 3 is 2.50 bits per heavy atom. The number of rotatable bonds is 5. The summed E-state index contributed by atoms with van der Waals surface area (Å²) in [5.74, 6) is -1.92. The molecule has 0 bridgehead atoms. The van der Waals surface area contributed by atoms with E-state index in [0.29, 0.717) is 22.7 Å². The van der Waals surface area contributed by atoms with Crippen LogP contribution in [0.3, 0.4) is 0 Å². The van der Waals surface area contributed by atoms with Gasteiger partial charge in [-0.15, -0.1) is 11.3 Å². The highest BCUT2D eigenvalue weighted by Gasteiger charge is 2.40. The molecule has 0 aliphatic carbocycles. The highest BCUT2D eigenvalue weighted by atomic mass is 32.1. The third-order valence-corrected chi connectivity index (χ3v) is 4.95. The second-order valence-corrected chi connectivity index (χ2v) is 7.05. The van der Waals surface area contributed by atoms with Crippen LogP contribution in [-0.2, 0) is 14.3 Å². The van der Waals surface area contributed by atoms with Crippen molar-refractivity contribution in [1.82, 2.24) is 0 Å². The van der Waals surface area contributed by atoms with Gasteiger partial charge in [-0.25, -0.2) is 4.79 Å². The molecule has 1 aliphatic rings. The van der Waals surface area contributed by atoms with E-state index in [2.05, 4.69) is 10.6 Å². The van der Waals surface area contributed by atoms with Crippen LogP contribution in [0.15, 0.2) is 41.8 Å². The first-order valence-corrected chi connectivity index (χ1v) is 8.96. The molecule has 2 amide bonds. The molecule has 136 valence electrons. The lowest BCUT2D eigenvalue weighted by molar-refractivity contribution is -0.152. The van der Waals surface area contributed by atoms with E-state index in [-0.39, 0.29) is 11.8 Å². The van der Waals surface area contributed by atoms with Gasteiger partial charge in [0, 0.05) is 11.4 Å². The molecule has 0 saturated carbocycles. The Hall–Kier alpha value is -2.71. The standard InChI is InChI=1S/C18H18N2O5S/c1-10-8-13(25-15(10)18(23)24)16(21)19-11-4-2-5-12(9-11)20-17(22)14-6-3-7-26-14/h2-7,9-10,13,15H,8H2,1H3,(H,19,21)(H,20,22)(H,23,24)/t10-,13-,15-/m1/s1. The number of nitrogens with one attached hydrogen (secondary N) is 2. The summed E-state index contributed by atoms with van der Waals surface area (Å²) in [7, 11) is 0. The molecule has 3 atom stereocenters. The molecule has 0 unspecified atom stereocenters. The van der Waals surface area contributed by atoms with E-state index < -0.39 is 24.1 Å². The van der Waals surface area contributed by atoms with Crippen molar-refractivity contribution in [3.05, 3.63) is 46.7 Å². The van der Waals surface area contributed by atoms with Crippen LogP contribution in [0.5, 0.6) is 0 Å². The molecule has 1 aromatic heterocycles. The summed E-state index contributed by atoms with van der Waals surface area (Å²) >= 11 is 1.34. The molecule has 0 spiro atoms. The number of amides is 2. The smallest absolute Gasteiger partial charge is 0.333 e. The summed E-state index contributed by atoms with van der Waals surface area (Å²) in [6, 6.07) is 10.3. The first kappa shape index (κ1) is 18.1. The normalized spacial score (nSPS) is 22.0. The van der Waals surface area contributed by atoms with Gasteiger partial charge in [-0.2, -0.15) is 0 Å². The quantitative estimate of drug-likeness (QED) is 0.746. The minimum atomic E-state index is -1.06. The lowest BCUT2D eigenvalue weighted by Crippen LogP contribution is -2.30. The maximum atomic E-state index is 12.3. The second-order valence-electron chi connectivity index (χ2n) is 6.10. The van der Waals surface area contributed by atoms with Crippen molar-refractivity contribution in [2.24, 2.45) is 5.92 Å². The number of benzene rings is 1. The zero-order valence-corrected chi connectivity index (χ0v) is 14.8. The third-order valence-electron chi connectivity index (χ3n) is 4.08. The number of carboxylic acids is 1. The molecule has 26 heavy (non-hydrogen) atoms. The first-order chi connectivity index (χ1) is 12.4. The predicted molar refractivity (Wildman–Crippen MR) is 97.4 cm³/mol. The predicted octanol–water partition coefficient (Wildman–Crippen LogP) is 2.82. The topological polar surface area (TPSA) is 105 Å². The summed E-state index contributed by atoms with van der Waals surface area (Å²) in [5, 5.41) is 16.4. The fourth-order valence-electron chi connectivity index (χ4n) is 2.80. The van der Waals surface area contributed by atoms with Gasteiger partial charge in [0.15, 0.2) is 6.10 Å². The molecule has 8 heteroatoms. The van der Waals surface area contributed by atoms with Crippen LogP contribution >= 0.6 is 11.3 Å². The zero-order chi connectivity index (χ0) is 18.7. The van der Waals surface area contributed by atoms with Crippen molar-refractivity contribution in [1.29, 1.82) is 0 Å². The van der Waals surface area contributed by atoms with E-state index in [9.17, 15) is 14.4 Å². The van der Waals surface area contributed by atoms with Crippen LogP contribution in [0.4, 0.5) is 11.4 Å². The minimum absolute atomic E-state index is 0.222. The molecule has 2 aromatic rings. The average Bonchev–Trinajstić information content (AvgIpc) is 3.24. The second kappa shape index (κ2) is 7.67. The molecule has 0 radical (unpaired) electrons. The summed E-state index contributed by atoms with van der Waals surface area (Å²) < 4.78 is 5.33. The fourth-order valence-corrected chi connectivity index (χ4v) is 3.42. The Morgan fingerprint density at radius 2 is 1.88 bits per heavy atom. The molecule has 1 aliphatic heterocycles. The third kappa shape index (κ3) is 4.09. The minimum Gasteiger partial charge on any atom is -0.479 e. The molecule has 1 aromatic carbocycles. The number of carbonyl (C=O) groups is 3. The number of hydrogen-bond acceptors (Lipinski definition) is 5. The SMILES string of the molecule is C[C@@H]1C[C@H](C(=O)Nc2cccc(NC(=O)c3cccs3)c2)O[C@H]1C(=O)O. The van der Waals surface area contributed by atoms with Crippen LogP contribution in [0, 0.1) is 5.92 Å². The lowest BCUT2D eigenvalue weighted by atomic mass is 10.0. The largest absolute Gasteiger partial charge is 0.479 e. The van der Waals surface area contributed by atoms with Crippen LogP contribution in [0.1, 0.15) is 23.0 Å². The maximum absolute atomic E-state index is 12.3. The molecule has 7 nitrogen and oxygen atoms in total. The van der Waals surface area contributed by atoms with E-state index >= 15 is 0 Å². The molecule has 1 fully saturated rings. The van der Waals surface area contributed by atoms with Gasteiger partial charge in [0.2, 0.25) is 0 Å². The molecular formula is C18H18N2O5S. The number of hydrogen-bond donors (Lipinski definition) is 3. The number of carbonyl (C=O) groups excluding carboxylic acids is 2. The number of thiophene rings is 1. The first-order valence-electron chi connectivity index (χ1n) is 8.08. The Morgan fingerprint density at radius 1 is 1.15 bits per heavy atom. The van der Waals surface area contributed by atoms with Crippen molar-refractivity contribution >= 4 is 40.5 Å². The summed E-state index contributed by atoms with van der Waals surface area (Å²) in [5.41, 5.74) is 1.04. The van der Waals surface area contributed by atoms with Gasteiger partial charge in [0.25, 0.3) is 11.8 Å². The number of anilines is 2. The van der Waals surface area contributed by atoms with Gasteiger partial charge in [-0.3, -0.25) is 9.59 Å². The Kier molecular flexibility index (Phi) is 5.34. The van der Waals surface area contributed by atoms with Crippen molar-refractivity contribution in [3.63, 3.8) is 0 Å². The molecule has 2 heterocycles. The highest BCUT2D eigenvalue weighted by Crippen LogP contribution is 2.27. The summed E-state index contributed by atoms with van der Waals surface area (Å²) in [4.78, 5) is 36.1. The van der Waals surface area contributed by atoms with Crippen LogP contribution in [0.25, 0.3) is 0 Å². The molecule has 3 rings (SSSR count). The number of ether oxygens (including phenoxy) is 1. The van der Waals surface area contributed by atoms with Crippen molar-refractivity contribution in [2.45, 2.75) is 25.6 Å². The van der Waals surface area contributed by atoms with Crippen molar-refractivity contribution in [2.75, 3.05) is 10.6 Å². The van der Waals surface area contributed by atoms with Gasteiger partial charge < -0.3 is 20.5 Å². The highest BCUT2D eigenvalue weighted by molar-refractivity contribution is 7.12. The van der Waals surface area contributed by atoms with Crippen molar-refractivity contribution in [3.8, 4) is 0 Å². The molecule has 3 N–H and O–H groups in total. The summed E-state index contributed by atoms with van der Waals surface area (Å²) in [6.45, 7) is 1.74. The van der Waals surface area contributed by atoms with E-state index in [4.69, 9.17) is 9.84 Å². The van der Waals surface area contributed by atoms with E-state index in [1.54, 1.807) is 43.3 Å². The summed E-state index contributed by atoms with van der Waals surface area (Å²) in [6.07, 6.45) is -1.44. The Balaban J connectivity index is 1.63. The number of carboxylic acid groups (broad SMARTS) is 1. The van der Waals surface area contributed by atoms with Gasteiger partial charge in [0.1, 0.15) is 6.10 Å². The van der Waals surface area contributed by atoms with E-state index in [1.807, 2.05) is 5.38 Å². The maximum Gasteiger partial charge on any atom is 0.333 e. The molecular weight excluding hydrogens is 356 g/mol. The van der Waals surface area contributed by atoms with E-state index in [0.717, 1.165) is 0 Å². The monoisotopic (exact) mass is 374 g/mol. The van der Waals surface area contributed by atoms with E-state index in [1.165, 1.54) is 11.3 Å². The molecule has 1 saturated heterocycles.